The maximum absolute atomic E-state index is 13.4. The highest BCUT2D eigenvalue weighted by Gasteiger charge is 2.41. The normalized spacial score (nSPS) is 16.5. The van der Waals surface area contributed by atoms with E-state index >= 15 is 0 Å². The van der Waals surface area contributed by atoms with Gasteiger partial charge in [-0.15, -0.1) is 0 Å². The van der Waals surface area contributed by atoms with Crippen LogP contribution < -0.4 is 0 Å². The van der Waals surface area contributed by atoms with Gasteiger partial charge in [-0.1, -0.05) is 48.0 Å². The van der Waals surface area contributed by atoms with E-state index in [1.807, 2.05) is 38.1 Å². The second kappa shape index (κ2) is 9.25. The lowest BCUT2D eigenvalue weighted by molar-refractivity contribution is -0.137. The van der Waals surface area contributed by atoms with Crippen molar-refractivity contribution in [3.8, 4) is 0 Å². The molecule has 2 amide bonds. The van der Waals surface area contributed by atoms with Gasteiger partial charge in [-0.25, -0.2) is 0 Å². The molecule has 2 aromatic carbocycles. The van der Waals surface area contributed by atoms with Crippen molar-refractivity contribution in [3.63, 3.8) is 0 Å². The molecule has 0 atom stereocenters. The standard InChI is InChI=1S/C25H27ClN2O3/c1-17(2)31-15-5-13-28-24(29)22(19-8-10-21(26)11-9-19)23(25(28)30)27-14-12-18-6-3-4-7-20(18)16-27/h3-4,6-11,17H,5,12-16H2,1-2H3. The van der Waals surface area contributed by atoms with E-state index in [1.165, 1.54) is 16.0 Å². The fourth-order valence-corrected chi connectivity index (χ4v) is 4.29. The Labute approximate surface area is 188 Å². The van der Waals surface area contributed by atoms with Gasteiger partial charge in [0.1, 0.15) is 5.70 Å². The summed E-state index contributed by atoms with van der Waals surface area (Å²) < 4.78 is 5.59. The van der Waals surface area contributed by atoms with Crippen molar-refractivity contribution in [1.29, 1.82) is 0 Å². The van der Waals surface area contributed by atoms with Crippen LogP contribution in [0.15, 0.2) is 54.2 Å². The molecule has 0 aromatic heterocycles. The van der Waals surface area contributed by atoms with Crippen molar-refractivity contribution >= 4 is 29.0 Å². The zero-order valence-corrected chi connectivity index (χ0v) is 18.7. The van der Waals surface area contributed by atoms with E-state index in [9.17, 15) is 9.59 Å². The topological polar surface area (TPSA) is 49.9 Å². The van der Waals surface area contributed by atoms with Crippen LogP contribution in [0, 0.1) is 0 Å². The van der Waals surface area contributed by atoms with E-state index < -0.39 is 0 Å². The first kappa shape index (κ1) is 21.6. The van der Waals surface area contributed by atoms with Gasteiger partial charge in [-0.3, -0.25) is 14.5 Å². The van der Waals surface area contributed by atoms with Gasteiger partial charge in [0.15, 0.2) is 0 Å². The first-order valence-electron chi connectivity index (χ1n) is 10.8. The van der Waals surface area contributed by atoms with Gasteiger partial charge in [0.25, 0.3) is 11.8 Å². The minimum Gasteiger partial charge on any atom is -0.379 e. The predicted octanol–water partition coefficient (Wildman–Crippen LogP) is 4.29. The number of benzene rings is 2. The zero-order chi connectivity index (χ0) is 22.0. The summed E-state index contributed by atoms with van der Waals surface area (Å²) in [5.74, 6) is -0.468. The summed E-state index contributed by atoms with van der Waals surface area (Å²) in [4.78, 5) is 30.2. The molecule has 0 spiro atoms. The first-order valence-corrected chi connectivity index (χ1v) is 11.1. The molecule has 0 saturated heterocycles. The molecule has 2 aliphatic rings. The highest BCUT2D eigenvalue weighted by molar-refractivity contribution is 6.36. The maximum atomic E-state index is 13.4. The molecule has 5 nitrogen and oxygen atoms in total. The van der Waals surface area contributed by atoms with E-state index in [0.717, 1.165) is 12.0 Å². The third kappa shape index (κ3) is 4.53. The number of carbonyl (C=O) groups excluding carboxylic acids is 2. The molecule has 0 saturated carbocycles. The molecular formula is C25H27ClN2O3. The molecule has 0 fully saturated rings. The van der Waals surface area contributed by atoms with E-state index in [0.29, 0.717) is 49.0 Å². The summed E-state index contributed by atoms with van der Waals surface area (Å²) in [6, 6.07) is 15.4. The highest BCUT2D eigenvalue weighted by Crippen LogP contribution is 2.34. The average molecular weight is 439 g/mol. The van der Waals surface area contributed by atoms with Gasteiger partial charge in [0.05, 0.1) is 11.7 Å². The van der Waals surface area contributed by atoms with Gasteiger partial charge in [-0.2, -0.15) is 0 Å². The second-order valence-corrected chi connectivity index (χ2v) is 8.64. The van der Waals surface area contributed by atoms with Crippen molar-refractivity contribution in [2.45, 2.75) is 39.3 Å². The SMILES string of the molecule is CC(C)OCCCN1C(=O)C(c2ccc(Cl)cc2)=C(N2CCc3ccccc3C2)C1=O. The van der Waals surface area contributed by atoms with Crippen molar-refractivity contribution in [1.82, 2.24) is 9.80 Å². The summed E-state index contributed by atoms with van der Waals surface area (Å²) >= 11 is 6.06. The molecular weight excluding hydrogens is 412 g/mol. The number of nitrogens with zero attached hydrogens (tertiary/aromatic N) is 2. The fourth-order valence-electron chi connectivity index (χ4n) is 4.16. The number of ether oxygens (including phenoxy) is 1. The third-order valence-electron chi connectivity index (χ3n) is 5.70. The summed E-state index contributed by atoms with van der Waals surface area (Å²) in [5.41, 5.74) is 4.17. The molecule has 2 aliphatic heterocycles. The van der Waals surface area contributed by atoms with Gasteiger partial charge in [0, 0.05) is 31.3 Å². The minimum absolute atomic E-state index is 0.122. The minimum atomic E-state index is -0.245. The molecule has 4 rings (SSSR count). The smallest absolute Gasteiger partial charge is 0.277 e. The van der Waals surface area contributed by atoms with Crippen LogP contribution in [0.3, 0.4) is 0 Å². The van der Waals surface area contributed by atoms with E-state index in [-0.39, 0.29) is 17.9 Å². The lowest BCUT2D eigenvalue weighted by Crippen LogP contribution is -2.38. The maximum Gasteiger partial charge on any atom is 0.277 e. The highest BCUT2D eigenvalue weighted by atomic mass is 35.5. The van der Waals surface area contributed by atoms with Gasteiger partial charge < -0.3 is 9.64 Å². The molecule has 0 radical (unpaired) electrons. The lowest BCUT2D eigenvalue weighted by atomic mass is 9.98. The number of fused-ring (bicyclic) bond motifs is 1. The monoisotopic (exact) mass is 438 g/mol. The van der Waals surface area contributed by atoms with Crippen LogP contribution in [0.25, 0.3) is 5.57 Å². The Balaban J connectivity index is 1.65. The molecule has 162 valence electrons. The van der Waals surface area contributed by atoms with Crippen molar-refractivity contribution in [2.24, 2.45) is 0 Å². The molecule has 0 unspecified atom stereocenters. The molecule has 31 heavy (non-hydrogen) atoms. The van der Waals surface area contributed by atoms with Crippen LogP contribution >= 0.6 is 11.6 Å². The molecule has 2 heterocycles. The lowest BCUT2D eigenvalue weighted by Gasteiger charge is -2.31. The Hall–Kier alpha value is -2.63. The Kier molecular flexibility index (Phi) is 6.44. The number of rotatable bonds is 7. The molecule has 0 N–H and O–H groups in total. The number of amides is 2. The van der Waals surface area contributed by atoms with Crippen LogP contribution in [0.5, 0.6) is 0 Å². The van der Waals surface area contributed by atoms with E-state index in [2.05, 4.69) is 17.0 Å². The quantitative estimate of drug-likeness (QED) is 0.478. The van der Waals surface area contributed by atoms with Crippen LogP contribution in [0.2, 0.25) is 5.02 Å². The Bertz CT molecular complexity index is 1010. The predicted molar refractivity (Wildman–Crippen MR) is 121 cm³/mol. The van der Waals surface area contributed by atoms with Crippen molar-refractivity contribution in [3.05, 3.63) is 75.9 Å². The van der Waals surface area contributed by atoms with Gasteiger partial charge >= 0.3 is 0 Å². The number of imide groups is 1. The summed E-state index contributed by atoms with van der Waals surface area (Å²) in [6.07, 6.45) is 1.58. The van der Waals surface area contributed by atoms with Gasteiger partial charge in [0.2, 0.25) is 0 Å². The summed E-state index contributed by atoms with van der Waals surface area (Å²) in [6.45, 7) is 6.11. The van der Waals surface area contributed by atoms with E-state index in [1.54, 1.807) is 12.1 Å². The van der Waals surface area contributed by atoms with Crippen molar-refractivity contribution < 1.29 is 14.3 Å². The largest absolute Gasteiger partial charge is 0.379 e. The van der Waals surface area contributed by atoms with Crippen LogP contribution in [-0.4, -0.2) is 47.4 Å². The van der Waals surface area contributed by atoms with Gasteiger partial charge in [-0.05, 0) is 55.5 Å². The molecule has 0 bridgehead atoms. The van der Waals surface area contributed by atoms with E-state index in [4.69, 9.17) is 16.3 Å². The summed E-state index contributed by atoms with van der Waals surface area (Å²) in [5, 5.41) is 0.595. The molecule has 2 aromatic rings. The number of carbonyl (C=O) groups is 2. The third-order valence-corrected chi connectivity index (χ3v) is 5.95. The van der Waals surface area contributed by atoms with Crippen molar-refractivity contribution in [2.75, 3.05) is 19.7 Å². The summed E-state index contributed by atoms with van der Waals surface area (Å²) in [7, 11) is 0. The van der Waals surface area contributed by atoms with Crippen LogP contribution in [0.4, 0.5) is 0 Å². The van der Waals surface area contributed by atoms with Crippen LogP contribution in [0.1, 0.15) is 37.0 Å². The first-order chi connectivity index (χ1) is 15.0. The van der Waals surface area contributed by atoms with Crippen LogP contribution in [-0.2, 0) is 27.3 Å². The average Bonchev–Trinajstić information content (AvgIpc) is 3.01. The zero-order valence-electron chi connectivity index (χ0n) is 17.9. The Morgan fingerprint density at radius 3 is 2.42 bits per heavy atom. The molecule has 0 aliphatic carbocycles. The molecule has 6 heteroatoms. The number of halogens is 1. The fraction of sp³-hybridized carbons (Fsp3) is 0.360. The Morgan fingerprint density at radius 2 is 1.71 bits per heavy atom. The number of hydrogen-bond donors (Lipinski definition) is 0. The second-order valence-electron chi connectivity index (χ2n) is 8.21. The number of hydrogen-bond acceptors (Lipinski definition) is 4. The Morgan fingerprint density at radius 1 is 1.00 bits per heavy atom.